The Bertz CT molecular complexity index is 710. The summed E-state index contributed by atoms with van der Waals surface area (Å²) < 4.78 is 18.3. The molecule has 6 heteroatoms. The normalized spacial score (nSPS) is 12.3. The van der Waals surface area contributed by atoms with Crippen LogP contribution >= 0.6 is 11.3 Å². The molecule has 0 saturated heterocycles. The maximum Gasteiger partial charge on any atom is 0.183 e. The van der Waals surface area contributed by atoms with Gasteiger partial charge < -0.3 is 14.8 Å². The summed E-state index contributed by atoms with van der Waals surface area (Å²) in [7, 11) is 0. The summed E-state index contributed by atoms with van der Waals surface area (Å²) >= 11 is 1.46. The van der Waals surface area contributed by atoms with Gasteiger partial charge in [-0.15, -0.1) is 11.3 Å². The third kappa shape index (κ3) is 3.35. The molecule has 3 aromatic rings. The number of nitrogens with one attached hydrogen (secondary N) is 1. The van der Waals surface area contributed by atoms with Gasteiger partial charge in [-0.2, -0.15) is 0 Å². The molecule has 1 atom stereocenters. The first-order chi connectivity index (χ1) is 10.8. The summed E-state index contributed by atoms with van der Waals surface area (Å²) in [4.78, 5) is 4.50. The number of anilines is 1. The first kappa shape index (κ1) is 14.7. The smallest absolute Gasteiger partial charge is 0.183 e. The lowest BCUT2D eigenvalue weighted by molar-refractivity contribution is 0.273. The van der Waals surface area contributed by atoms with E-state index >= 15 is 0 Å². The van der Waals surface area contributed by atoms with Crippen molar-refractivity contribution in [2.45, 2.75) is 12.5 Å². The van der Waals surface area contributed by atoms with Crippen LogP contribution in [0.2, 0.25) is 0 Å². The van der Waals surface area contributed by atoms with E-state index in [1.54, 1.807) is 18.4 Å². The van der Waals surface area contributed by atoms with E-state index in [0.29, 0.717) is 6.42 Å². The first-order valence-electron chi connectivity index (χ1n) is 6.88. The average molecular weight is 318 g/mol. The molecule has 0 spiro atoms. The molecule has 4 nitrogen and oxygen atoms in total. The molecular formula is C16H15FN2O2S. The minimum Gasteiger partial charge on any atom is -0.467 e. The number of halogens is 1. The quantitative estimate of drug-likeness (QED) is 0.719. The second-order valence-electron chi connectivity index (χ2n) is 4.77. The highest BCUT2D eigenvalue weighted by atomic mass is 32.1. The van der Waals surface area contributed by atoms with Crippen LogP contribution in [0.15, 0.2) is 52.5 Å². The lowest BCUT2D eigenvalue weighted by Gasteiger charge is -2.14. The van der Waals surface area contributed by atoms with E-state index in [2.05, 4.69) is 10.3 Å². The molecule has 0 aliphatic rings. The van der Waals surface area contributed by atoms with Crippen LogP contribution in [0.5, 0.6) is 0 Å². The highest BCUT2D eigenvalue weighted by Gasteiger charge is 2.15. The van der Waals surface area contributed by atoms with Gasteiger partial charge in [-0.3, -0.25) is 0 Å². The largest absolute Gasteiger partial charge is 0.467 e. The van der Waals surface area contributed by atoms with Gasteiger partial charge in [0.1, 0.15) is 11.6 Å². The molecule has 2 heterocycles. The minimum absolute atomic E-state index is 0.0502. The summed E-state index contributed by atoms with van der Waals surface area (Å²) in [5.74, 6) is 0.491. The highest BCUT2D eigenvalue weighted by Crippen LogP contribution is 2.29. The Morgan fingerprint density at radius 3 is 2.77 bits per heavy atom. The Kier molecular flexibility index (Phi) is 4.50. The Hall–Kier alpha value is -2.18. The summed E-state index contributed by atoms with van der Waals surface area (Å²) in [5.41, 5.74) is 1.65. The second-order valence-corrected chi connectivity index (χ2v) is 5.63. The van der Waals surface area contributed by atoms with Crippen LogP contribution in [-0.2, 0) is 0 Å². The van der Waals surface area contributed by atoms with Crippen LogP contribution in [0.4, 0.5) is 9.52 Å². The van der Waals surface area contributed by atoms with Gasteiger partial charge in [0.25, 0.3) is 0 Å². The predicted octanol–water partition coefficient (Wildman–Crippen LogP) is 4.08. The zero-order valence-electron chi connectivity index (χ0n) is 11.7. The number of aromatic nitrogens is 1. The molecule has 22 heavy (non-hydrogen) atoms. The van der Waals surface area contributed by atoms with Crippen molar-refractivity contribution in [1.29, 1.82) is 0 Å². The van der Waals surface area contributed by atoms with Gasteiger partial charge in [-0.25, -0.2) is 9.37 Å². The van der Waals surface area contributed by atoms with E-state index in [0.717, 1.165) is 22.1 Å². The molecular weight excluding hydrogens is 303 g/mol. The van der Waals surface area contributed by atoms with Gasteiger partial charge in [-0.05, 0) is 42.8 Å². The molecule has 0 aliphatic carbocycles. The maximum atomic E-state index is 13.0. The number of aliphatic hydroxyl groups is 1. The van der Waals surface area contributed by atoms with Crippen molar-refractivity contribution >= 4 is 16.5 Å². The van der Waals surface area contributed by atoms with E-state index in [1.807, 2.05) is 17.5 Å². The van der Waals surface area contributed by atoms with Gasteiger partial charge in [0, 0.05) is 17.6 Å². The van der Waals surface area contributed by atoms with Gasteiger partial charge in [-0.1, -0.05) is 0 Å². The van der Waals surface area contributed by atoms with E-state index in [1.165, 1.54) is 23.5 Å². The Morgan fingerprint density at radius 1 is 1.27 bits per heavy atom. The van der Waals surface area contributed by atoms with Crippen LogP contribution in [0.1, 0.15) is 18.2 Å². The molecule has 0 bridgehead atoms. The SMILES string of the molecule is OCCC(Nc1nc(-c2ccc(F)cc2)cs1)c1ccco1. The van der Waals surface area contributed by atoms with Crippen molar-refractivity contribution in [2.75, 3.05) is 11.9 Å². The minimum atomic E-state index is -0.266. The fraction of sp³-hybridized carbons (Fsp3) is 0.188. The number of furan rings is 1. The molecule has 2 N–H and O–H groups in total. The number of aliphatic hydroxyl groups excluding tert-OH is 1. The third-order valence-corrected chi connectivity index (χ3v) is 4.02. The van der Waals surface area contributed by atoms with Gasteiger partial charge in [0.05, 0.1) is 18.0 Å². The number of nitrogens with zero attached hydrogens (tertiary/aromatic N) is 1. The monoisotopic (exact) mass is 318 g/mol. The predicted molar refractivity (Wildman–Crippen MR) is 84.3 cm³/mol. The second kappa shape index (κ2) is 6.72. The van der Waals surface area contributed by atoms with E-state index in [4.69, 9.17) is 4.42 Å². The van der Waals surface area contributed by atoms with Crippen molar-refractivity contribution < 1.29 is 13.9 Å². The van der Waals surface area contributed by atoms with Gasteiger partial charge in [0.2, 0.25) is 0 Å². The molecule has 0 amide bonds. The van der Waals surface area contributed by atoms with Crippen LogP contribution in [0.25, 0.3) is 11.3 Å². The van der Waals surface area contributed by atoms with Crippen LogP contribution in [0, 0.1) is 5.82 Å². The lowest BCUT2D eigenvalue weighted by atomic mass is 10.1. The molecule has 2 aromatic heterocycles. The number of rotatable bonds is 6. The number of thiazole rings is 1. The molecule has 0 fully saturated rings. The number of hydrogen-bond acceptors (Lipinski definition) is 5. The van der Waals surface area contributed by atoms with Crippen molar-refractivity contribution in [3.8, 4) is 11.3 Å². The molecule has 1 aromatic carbocycles. The van der Waals surface area contributed by atoms with Gasteiger partial charge >= 0.3 is 0 Å². The summed E-state index contributed by atoms with van der Waals surface area (Å²) in [6, 6.07) is 9.78. The molecule has 3 rings (SSSR count). The van der Waals surface area contributed by atoms with Crippen LogP contribution < -0.4 is 5.32 Å². The fourth-order valence-corrected chi connectivity index (χ4v) is 2.92. The summed E-state index contributed by atoms with van der Waals surface area (Å²) in [5, 5.41) is 15.1. The molecule has 114 valence electrons. The molecule has 0 saturated carbocycles. The van der Waals surface area contributed by atoms with Crippen LogP contribution in [-0.4, -0.2) is 16.7 Å². The maximum absolute atomic E-state index is 13.0. The third-order valence-electron chi connectivity index (χ3n) is 3.25. The topological polar surface area (TPSA) is 58.3 Å². The Labute approximate surface area is 131 Å². The highest BCUT2D eigenvalue weighted by molar-refractivity contribution is 7.14. The Balaban J connectivity index is 1.76. The van der Waals surface area contributed by atoms with Crippen molar-refractivity contribution in [3.05, 3.63) is 59.6 Å². The average Bonchev–Trinajstić information content (AvgIpc) is 3.19. The number of hydrogen-bond donors (Lipinski definition) is 2. The zero-order valence-corrected chi connectivity index (χ0v) is 12.5. The zero-order chi connectivity index (χ0) is 15.4. The van der Waals surface area contributed by atoms with E-state index in [-0.39, 0.29) is 18.5 Å². The lowest BCUT2D eigenvalue weighted by Crippen LogP contribution is -2.11. The van der Waals surface area contributed by atoms with Crippen molar-refractivity contribution in [2.24, 2.45) is 0 Å². The first-order valence-corrected chi connectivity index (χ1v) is 7.76. The summed E-state index contributed by atoms with van der Waals surface area (Å²) in [6.07, 6.45) is 2.13. The molecule has 0 radical (unpaired) electrons. The molecule has 0 aliphatic heterocycles. The van der Waals surface area contributed by atoms with E-state index in [9.17, 15) is 9.50 Å². The van der Waals surface area contributed by atoms with Gasteiger partial charge in [0.15, 0.2) is 5.13 Å². The summed E-state index contributed by atoms with van der Waals surface area (Å²) in [6.45, 7) is 0.0502. The van der Waals surface area contributed by atoms with Crippen molar-refractivity contribution in [3.63, 3.8) is 0 Å². The van der Waals surface area contributed by atoms with Crippen LogP contribution in [0.3, 0.4) is 0 Å². The van der Waals surface area contributed by atoms with E-state index < -0.39 is 0 Å². The van der Waals surface area contributed by atoms with Crippen molar-refractivity contribution in [1.82, 2.24) is 4.98 Å². The molecule has 1 unspecified atom stereocenters. The standard InChI is InChI=1S/C16H15FN2O2S/c17-12-5-3-11(4-6-12)14-10-22-16(19-14)18-13(7-8-20)15-2-1-9-21-15/h1-6,9-10,13,20H,7-8H2,(H,18,19). The Morgan fingerprint density at radius 2 is 2.09 bits per heavy atom. The fourth-order valence-electron chi connectivity index (χ4n) is 2.15. The number of benzene rings is 1.